The van der Waals surface area contributed by atoms with Crippen LogP contribution in [0.15, 0.2) is 22.8 Å². The van der Waals surface area contributed by atoms with Crippen LogP contribution in [0.2, 0.25) is 0 Å². The van der Waals surface area contributed by atoms with E-state index in [-0.39, 0.29) is 23.8 Å². The lowest BCUT2D eigenvalue weighted by molar-refractivity contribution is -0.123. The van der Waals surface area contributed by atoms with Gasteiger partial charge in [-0.3, -0.25) is 9.59 Å². The molecule has 5 heteroatoms. The maximum Gasteiger partial charge on any atom is 0.289 e. The molecule has 1 aliphatic carbocycles. The van der Waals surface area contributed by atoms with Gasteiger partial charge in [-0.2, -0.15) is 0 Å². The lowest BCUT2D eigenvalue weighted by Gasteiger charge is -2.32. The summed E-state index contributed by atoms with van der Waals surface area (Å²) in [7, 11) is 0. The van der Waals surface area contributed by atoms with E-state index < -0.39 is 0 Å². The average Bonchev–Trinajstić information content (AvgIpc) is 2.97. The van der Waals surface area contributed by atoms with E-state index in [9.17, 15) is 9.59 Å². The smallest absolute Gasteiger partial charge is 0.289 e. The Morgan fingerprint density at radius 2 is 2.05 bits per heavy atom. The van der Waals surface area contributed by atoms with E-state index >= 15 is 0 Å². The van der Waals surface area contributed by atoms with E-state index in [0.717, 1.165) is 19.3 Å². The van der Waals surface area contributed by atoms with Gasteiger partial charge in [0, 0.05) is 25.0 Å². The molecule has 5 nitrogen and oxygen atoms in total. The van der Waals surface area contributed by atoms with Gasteiger partial charge >= 0.3 is 0 Å². The van der Waals surface area contributed by atoms with Gasteiger partial charge in [-0.1, -0.05) is 6.92 Å². The Hall–Kier alpha value is -1.78. The monoisotopic (exact) mass is 276 g/mol. The maximum absolute atomic E-state index is 12.1. The predicted molar refractivity (Wildman–Crippen MR) is 73.0 cm³/mol. The third kappa shape index (κ3) is 2.71. The Bertz CT molecular complexity index is 489. The topological polar surface area (TPSA) is 62.6 Å². The molecule has 1 N–H and O–H groups in total. The van der Waals surface area contributed by atoms with Gasteiger partial charge in [0.15, 0.2) is 5.76 Å². The van der Waals surface area contributed by atoms with E-state index in [2.05, 4.69) is 12.2 Å². The number of piperidine rings is 1. The summed E-state index contributed by atoms with van der Waals surface area (Å²) in [5.74, 6) is 1.27. The summed E-state index contributed by atoms with van der Waals surface area (Å²) in [5.41, 5.74) is 0. The first-order chi connectivity index (χ1) is 9.65. The number of furan rings is 1. The molecule has 1 aliphatic heterocycles. The Morgan fingerprint density at radius 3 is 2.60 bits per heavy atom. The highest BCUT2D eigenvalue weighted by molar-refractivity contribution is 5.91. The van der Waals surface area contributed by atoms with Gasteiger partial charge in [0.25, 0.3) is 5.91 Å². The van der Waals surface area contributed by atoms with Crippen LogP contribution in [-0.2, 0) is 4.79 Å². The molecule has 1 saturated carbocycles. The molecule has 2 amide bonds. The normalized spacial score (nSPS) is 26.4. The lowest BCUT2D eigenvalue weighted by atomic mass is 10.0. The fourth-order valence-electron chi connectivity index (χ4n) is 2.78. The third-order valence-corrected chi connectivity index (χ3v) is 4.31. The largest absolute Gasteiger partial charge is 0.459 e. The second kappa shape index (κ2) is 5.31. The zero-order valence-corrected chi connectivity index (χ0v) is 11.7. The summed E-state index contributed by atoms with van der Waals surface area (Å²) < 4.78 is 5.13. The van der Waals surface area contributed by atoms with Gasteiger partial charge in [-0.25, -0.2) is 0 Å². The molecule has 1 saturated heterocycles. The number of rotatable bonds is 3. The summed E-state index contributed by atoms with van der Waals surface area (Å²) in [5, 5.41) is 3.11. The van der Waals surface area contributed by atoms with E-state index in [1.165, 1.54) is 6.26 Å². The zero-order chi connectivity index (χ0) is 14.1. The number of nitrogens with one attached hydrogen (secondary N) is 1. The first-order valence-corrected chi connectivity index (χ1v) is 7.28. The molecular weight excluding hydrogens is 256 g/mol. The standard InChI is InChI=1S/C15H20N2O3/c1-10-9-12(10)14(18)16-11-4-6-17(7-5-11)15(19)13-3-2-8-20-13/h2-3,8,10-12H,4-7,9H2,1H3,(H,16,18)/t10-,12-/m0/s1. The van der Waals surface area contributed by atoms with Crippen molar-refractivity contribution >= 4 is 11.8 Å². The van der Waals surface area contributed by atoms with Crippen molar-refractivity contribution in [1.29, 1.82) is 0 Å². The Morgan fingerprint density at radius 1 is 1.35 bits per heavy atom. The van der Waals surface area contributed by atoms with E-state index in [1.54, 1.807) is 17.0 Å². The van der Waals surface area contributed by atoms with Gasteiger partial charge in [0.1, 0.15) is 0 Å². The molecule has 0 bridgehead atoms. The second-order valence-corrected chi connectivity index (χ2v) is 5.87. The first kappa shape index (κ1) is 13.2. The molecule has 3 rings (SSSR count). The maximum atomic E-state index is 12.1. The molecule has 0 aromatic carbocycles. The Kier molecular flexibility index (Phi) is 3.51. The SMILES string of the molecule is C[C@H]1C[C@@H]1C(=O)NC1CCN(C(=O)c2ccco2)CC1. The summed E-state index contributed by atoms with van der Waals surface area (Å²) in [4.78, 5) is 25.8. The molecule has 2 atom stereocenters. The van der Waals surface area contributed by atoms with Crippen molar-refractivity contribution in [2.75, 3.05) is 13.1 Å². The fraction of sp³-hybridized carbons (Fsp3) is 0.600. The molecule has 2 heterocycles. The van der Waals surface area contributed by atoms with Gasteiger partial charge in [0.2, 0.25) is 5.91 Å². The van der Waals surface area contributed by atoms with E-state index in [0.29, 0.717) is 24.8 Å². The van der Waals surface area contributed by atoms with Crippen LogP contribution >= 0.6 is 0 Å². The van der Waals surface area contributed by atoms with Crippen LogP contribution in [0.3, 0.4) is 0 Å². The van der Waals surface area contributed by atoms with Crippen molar-refractivity contribution in [3.63, 3.8) is 0 Å². The highest BCUT2D eigenvalue weighted by Crippen LogP contribution is 2.37. The zero-order valence-electron chi connectivity index (χ0n) is 11.7. The van der Waals surface area contributed by atoms with E-state index in [1.807, 2.05) is 0 Å². The van der Waals surface area contributed by atoms with Crippen molar-refractivity contribution in [2.45, 2.75) is 32.2 Å². The van der Waals surface area contributed by atoms with Gasteiger partial charge in [-0.15, -0.1) is 0 Å². The molecule has 2 aliphatic rings. The Balaban J connectivity index is 1.47. The average molecular weight is 276 g/mol. The van der Waals surface area contributed by atoms with Crippen LogP contribution in [0.4, 0.5) is 0 Å². The predicted octanol–water partition coefficient (Wildman–Crippen LogP) is 1.66. The first-order valence-electron chi connectivity index (χ1n) is 7.28. The minimum absolute atomic E-state index is 0.0596. The number of carbonyl (C=O) groups excluding carboxylic acids is 2. The minimum atomic E-state index is -0.0596. The number of amides is 2. The van der Waals surface area contributed by atoms with Crippen LogP contribution in [0, 0.1) is 11.8 Å². The summed E-state index contributed by atoms with van der Waals surface area (Å²) in [6.45, 7) is 3.45. The van der Waals surface area contributed by atoms with Gasteiger partial charge < -0.3 is 14.6 Å². The molecule has 0 spiro atoms. The van der Waals surface area contributed by atoms with Crippen molar-refractivity contribution in [3.8, 4) is 0 Å². The highest BCUT2D eigenvalue weighted by atomic mass is 16.3. The van der Waals surface area contributed by atoms with Gasteiger partial charge in [0.05, 0.1) is 6.26 Å². The Labute approximate surface area is 118 Å². The van der Waals surface area contributed by atoms with E-state index in [4.69, 9.17) is 4.42 Å². The number of nitrogens with zero attached hydrogens (tertiary/aromatic N) is 1. The van der Waals surface area contributed by atoms with Crippen molar-refractivity contribution in [1.82, 2.24) is 10.2 Å². The second-order valence-electron chi connectivity index (χ2n) is 5.87. The number of likely N-dealkylation sites (tertiary alicyclic amines) is 1. The molecule has 20 heavy (non-hydrogen) atoms. The summed E-state index contributed by atoms with van der Waals surface area (Å²) in [6.07, 6.45) is 4.16. The molecule has 2 fully saturated rings. The number of carbonyl (C=O) groups is 2. The molecule has 1 aromatic rings. The highest BCUT2D eigenvalue weighted by Gasteiger charge is 2.40. The van der Waals surface area contributed by atoms with Gasteiger partial charge in [-0.05, 0) is 37.3 Å². The van der Waals surface area contributed by atoms with Crippen LogP contribution < -0.4 is 5.32 Å². The summed E-state index contributed by atoms with van der Waals surface area (Å²) >= 11 is 0. The number of hydrogen-bond acceptors (Lipinski definition) is 3. The van der Waals surface area contributed by atoms with Crippen LogP contribution in [0.25, 0.3) is 0 Å². The molecular formula is C15H20N2O3. The lowest BCUT2D eigenvalue weighted by Crippen LogP contribution is -2.47. The van der Waals surface area contributed by atoms with Crippen molar-refractivity contribution in [3.05, 3.63) is 24.2 Å². The molecule has 0 unspecified atom stereocenters. The number of hydrogen-bond donors (Lipinski definition) is 1. The quantitative estimate of drug-likeness (QED) is 0.913. The minimum Gasteiger partial charge on any atom is -0.459 e. The fourth-order valence-corrected chi connectivity index (χ4v) is 2.78. The van der Waals surface area contributed by atoms with Crippen LogP contribution in [0.1, 0.15) is 36.7 Å². The van der Waals surface area contributed by atoms with Crippen LogP contribution in [0.5, 0.6) is 0 Å². The van der Waals surface area contributed by atoms with Crippen LogP contribution in [-0.4, -0.2) is 35.8 Å². The van der Waals surface area contributed by atoms with Crippen molar-refractivity contribution in [2.24, 2.45) is 11.8 Å². The summed E-state index contributed by atoms with van der Waals surface area (Å²) in [6, 6.07) is 3.61. The molecule has 1 aromatic heterocycles. The third-order valence-electron chi connectivity index (χ3n) is 4.31. The molecule has 108 valence electrons. The molecule has 0 radical (unpaired) electrons. The van der Waals surface area contributed by atoms with Crippen molar-refractivity contribution < 1.29 is 14.0 Å².